The van der Waals surface area contributed by atoms with Crippen LogP contribution in [0, 0.1) is 12.3 Å². The number of hydrogen-bond donors (Lipinski definition) is 1. The zero-order valence-corrected chi connectivity index (χ0v) is 11.2. The van der Waals surface area contributed by atoms with Gasteiger partial charge in [-0.25, -0.2) is 4.99 Å². The largest absolute Gasteiger partial charge is 0.455 e. The third-order valence-corrected chi connectivity index (χ3v) is 2.07. The first-order valence-electron chi connectivity index (χ1n) is 5.82. The van der Waals surface area contributed by atoms with Gasteiger partial charge in [0, 0.05) is 5.39 Å². The minimum absolute atomic E-state index is 0.679. The van der Waals surface area contributed by atoms with Crippen LogP contribution in [0.3, 0.4) is 0 Å². The SMILES string of the molecule is C=C.CC.Cc1cccc2oc(C=NC=N)cc12. The van der Waals surface area contributed by atoms with Crippen LogP contribution in [0.4, 0.5) is 0 Å². The number of aryl methyl sites for hydroxylation is 1. The predicted octanol–water partition coefficient (Wildman–Crippen LogP) is 4.60. The van der Waals surface area contributed by atoms with Gasteiger partial charge in [0.05, 0.1) is 6.21 Å². The molecule has 0 spiro atoms. The molecular weight excluding hydrogens is 224 g/mol. The van der Waals surface area contributed by atoms with Gasteiger partial charge < -0.3 is 4.42 Å². The molecule has 0 amide bonds. The summed E-state index contributed by atoms with van der Waals surface area (Å²) in [6, 6.07) is 7.84. The summed E-state index contributed by atoms with van der Waals surface area (Å²) in [7, 11) is 0. The zero-order valence-electron chi connectivity index (χ0n) is 11.2. The van der Waals surface area contributed by atoms with E-state index >= 15 is 0 Å². The van der Waals surface area contributed by atoms with Crippen LogP contribution in [0.25, 0.3) is 11.0 Å². The second kappa shape index (κ2) is 8.93. The molecule has 0 atom stereocenters. The van der Waals surface area contributed by atoms with Crippen LogP contribution in [-0.2, 0) is 0 Å². The molecule has 1 heterocycles. The molecule has 0 fully saturated rings. The second-order valence-corrected chi connectivity index (χ2v) is 3.04. The Balaban J connectivity index is 0.000000659. The maximum atomic E-state index is 6.76. The van der Waals surface area contributed by atoms with E-state index < -0.39 is 0 Å². The number of hydrogen-bond acceptors (Lipinski definition) is 2. The van der Waals surface area contributed by atoms with Gasteiger partial charge in [-0.3, -0.25) is 5.41 Å². The van der Waals surface area contributed by atoms with Gasteiger partial charge in [-0.05, 0) is 24.6 Å². The Morgan fingerprint density at radius 1 is 1.28 bits per heavy atom. The number of rotatable bonds is 2. The fourth-order valence-corrected chi connectivity index (χ4v) is 1.40. The maximum absolute atomic E-state index is 6.76. The molecule has 1 N–H and O–H groups in total. The van der Waals surface area contributed by atoms with Gasteiger partial charge in [0.15, 0.2) is 0 Å². The van der Waals surface area contributed by atoms with Gasteiger partial charge in [0.2, 0.25) is 0 Å². The molecule has 0 aliphatic rings. The molecular formula is C15H20N2O. The number of nitrogens with one attached hydrogen (secondary N) is 1. The Hall–Kier alpha value is -2.16. The molecule has 96 valence electrons. The third-order valence-electron chi connectivity index (χ3n) is 2.07. The fourth-order valence-electron chi connectivity index (χ4n) is 1.40. The van der Waals surface area contributed by atoms with Crippen LogP contribution >= 0.6 is 0 Å². The van der Waals surface area contributed by atoms with Crippen LogP contribution in [0.15, 0.2) is 46.8 Å². The predicted molar refractivity (Wildman–Crippen MR) is 79.9 cm³/mol. The van der Waals surface area contributed by atoms with E-state index in [1.165, 1.54) is 11.8 Å². The first-order chi connectivity index (χ1) is 8.81. The highest BCUT2D eigenvalue weighted by atomic mass is 16.3. The molecule has 2 rings (SSSR count). The van der Waals surface area contributed by atoms with E-state index in [2.05, 4.69) is 18.2 Å². The Labute approximate surface area is 108 Å². The lowest BCUT2D eigenvalue weighted by atomic mass is 10.1. The normalized spacial score (nSPS) is 9.28. The van der Waals surface area contributed by atoms with Gasteiger partial charge >= 0.3 is 0 Å². The molecule has 0 unspecified atom stereocenters. The van der Waals surface area contributed by atoms with Gasteiger partial charge in [-0.1, -0.05) is 26.0 Å². The van der Waals surface area contributed by atoms with E-state index in [4.69, 9.17) is 9.83 Å². The summed E-state index contributed by atoms with van der Waals surface area (Å²) in [6.07, 6.45) is 2.52. The molecule has 0 saturated heterocycles. The van der Waals surface area contributed by atoms with Crippen LogP contribution in [-0.4, -0.2) is 12.6 Å². The van der Waals surface area contributed by atoms with Crippen LogP contribution < -0.4 is 0 Å². The van der Waals surface area contributed by atoms with Crippen molar-refractivity contribution in [2.24, 2.45) is 4.99 Å². The van der Waals surface area contributed by atoms with Crippen molar-refractivity contribution < 1.29 is 4.42 Å². The summed E-state index contributed by atoms with van der Waals surface area (Å²) in [4.78, 5) is 3.69. The first kappa shape index (κ1) is 15.8. The summed E-state index contributed by atoms with van der Waals surface area (Å²) in [5, 5.41) is 7.86. The Kier molecular flexibility index (Phi) is 7.86. The van der Waals surface area contributed by atoms with E-state index in [1.807, 2.05) is 45.0 Å². The highest BCUT2D eigenvalue weighted by Crippen LogP contribution is 2.21. The Morgan fingerprint density at radius 3 is 2.50 bits per heavy atom. The third kappa shape index (κ3) is 4.01. The Bertz CT molecular complexity index is 512. The maximum Gasteiger partial charge on any atom is 0.146 e. The lowest BCUT2D eigenvalue weighted by Gasteiger charge is -1.90. The first-order valence-corrected chi connectivity index (χ1v) is 5.82. The summed E-state index contributed by atoms with van der Waals surface area (Å²) in [6.45, 7) is 12.0. The second-order valence-electron chi connectivity index (χ2n) is 3.04. The molecule has 3 nitrogen and oxygen atoms in total. The standard InChI is InChI=1S/C11H10N2O.C2H6.C2H4/c1-8-3-2-4-11-10(8)5-9(14-11)6-13-7-12;2*1-2/h2-7,12H,1H3;1-2H3;1-2H2. The van der Waals surface area contributed by atoms with Crippen molar-refractivity contribution in [3.63, 3.8) is 0 Å². The molecule has 0 saturated carbocycles. The molecule has 1 aromatic heterocycles. The zero-order chi connectivity index (χ0) is 14.0. The van der Waals surface area contributed by atoms with Crippen LogP contribution in [0.2, 0.25) is 0 Å². The van der Waals surface area contributed by atoms with Crippen molar-refractivity contribution in [3.8, 4) is 0 Å². The van der Waals surface area contributed by atoms with Crippen LogP contribution in [0.5, 0.6) is 0 Å². The van der Waals surface area contributed by atoms with Gasteiger partial charge in [-0.15, -0.1) is 13.2 Å². The van der Waals surface area contributed by atoms with Gasteiger partial charge in [-0.2, -0.15) is 0 Å². The summed E-state index contributed by atoms with van der Waals surface area (Å²) >= 11 is 0. The average molecular weight is 244 g/mol. The molecule has 0 aliphatic carbocycles. The van der Waals surface area contributed by atoms with Crippen molar-refractivity contribution >= 4 is 23.5 Å². The Morgan fingerprint density at radius 2 is 1.94 bits per heavy atom. The summed E-state index contributed by atoms with van der Waals surface area (Å²) in [5.74, 6) is 0.679. The monoisotopic (exact) mass is 244 g/mol. The molecule has 2 aromatic rings. The van der Waals surface area contributed by atoms with E-state index in [0.717, 1.165) is 17.3 Å². The highest BCUT2D eigenvalue weighted by Gasteiger charge is 2.02. The fraction of sp³-hybridized carbons (Fsp3) is 0.200. The minimum Gasteiger partial charge on any atom is -0.455 e. The highest BCUT2D eigenvalue weighted by molar-refractivity contribution is 5.90. The van der Waals surface area contributed by atoms with E-state index in [1.54, 1.807) is 0 Å². The van der Waals surface area contributed by atoms with Crippen molar-refractivity contribution in [1.82, 2.24) is 0 Å². The van der Waals surface area contributed by atoms with Crippen LogP contribution in [0.1, 0.15) is 25.2 Å². The summed E-state index contributed by atoms with van der Waals surface area (Å²) in [5.41, 5.74) is 2.04. The minimum atomic E-state index is 0.679. The van der Waals surface area contributed by atoms with E-state index in [-0.39, 0.29) is 0 Å². The molecule has 0 radical (unpaired) electrons. The smallest absolute Gasteiger partial charge is 0.146 e. The van der Waals surface area contributed by atoms with E-state index in [9.17, 15) is 0 Å². The van der Waals surface area contributed by atoms with Crippen molar-refractivity contribution in [3.05, 3.63) is 48.7 Å². The van der Waals surface area contributed by atoms with Crippen molar-refractivity contribution in [1.29, 1.82) is 5.41 Å². The topological polar surface area (TPSA) is 49.4 Å². The summed E-state index contributed by atoms with van der Waals surface area (Å²) < 4.78 is 5.50. The number of aliphatic imine (C=N–C) groups is 1. The van der Waals surface area contributed by atoms with Gasteiger partial charge in [0.25, 0.3) is 0 Å². The van der Waals surface area contributed by atoms with Gasteiger partial charge in [0.1, 0.15) is 17.7 Å². The molecule has 0 aliphatic heterocycles. The number of fused-ring (bicyclic) bond motifs is 1. The van der Waals surface area contributed by atoms with Crippen molar-refractivity contribution in [2.75, 3.05) is 0 Å². The lowest BCUT2D eigenvalue weighted by Crippen LogP contribution is -1.73. The number of furan rings is 1. The van der Waals surface area contributed by atoms with E-state index in [0.29, 0.717) is 5.76 Å². The van der Waals surface area contributed by atoms with Crippen molar-refractivity contribution in [2.45, 2.75) is 20.8 Å². The molecule has 3 heteroatoms. The number of benzene rings is 1. The molecule has 0 bridgehead atoms. The molecule has 18 heavy (non-hydrogen) atoms. The number of nitrogens with zero attached hydrogens (tertiary/aromatic N) is 1. The quantitative estimate of drug-likeness (QED) is 0.468. The lowest BCUT2D eigenvalue weighted by molar-refractivity contribution is 0.608. The average Bonchev–Trinajstić information content (AvgIpc) is 2.85. The molecule has 1 aromatic carbocycles.